The van der Waals surface area contributed by atoms with E-state index in [1.165, 1.54) is 0 Å². The third-order valence-corrected chi connectivity index (χ3v) is 2.43. The molecule has 0 aromatic carbocycles. The zero-order valence-electron chi connectivity index (χ0n) is 8.33. The smallest absolute Gasteiger partial charge is 0.228 e. The second kappa shape index (κ2) is 3.64. The van der Waals surface area contributed by atoms with E-state index >= 15 is 0 Å². The summed E-state index contributed by atoms with van der Waals surface area (Å²) in [7, 11) is 0. The van der Waals surface area contributed by atoms with Crippen LogP contribution in [0, 0.1) is 5.92 Å². The topological polar surface area (TPSA) is 58.6 Å². The molecule has 4 heteroatoms. The van der Waals surface area contributed by atoms with Gasteiger partial charge in [-0.3, -0.25) is 4.79 Å². The SMILES string of the molecule is CC(NC(=O)C1COC1)C(C)(C)O. The Bertz CT molecular complexity index is 194. The zero-order chi connectivity index (χ0) is 10.1. The van der Waals surface area contributed by atoms with Crippen LogP contribution in [0.4, 0.5) is 0 Å². The van der Waals surface area contributed by atoms with Crippen LogP contribution in [0.5, 0.6) is 0 Å². The van der Waals surface area contributed by atoms with Crippen LogP contribution in [0.25, 0.3) is 0 Å². The summed E-state index contributed by atoms with van der Waals surface area (Å²) in [6, 6.07) is -0.236. The minimum atomic E-state index is -0.875. The Labute approximate surface area is 78.3 Å². The first kappa shape index (κ1) is 10.5. The molecular formula is C9H17NO3. The van der Waals surface area contributed by atoms with Crippen molar-refractivity contribution in [2.75, 3.05) is 13.2 Å². The maximum absolute atomic E-state index is 11.4. The molecule has 0 aliphatic carbocycles. The van der Waals surface area contributed by atoms with Gasteiger partial charge in [0.1, 0.15) is 0 Å². The Morgan fingerprint density at radius 2 is 2.15 bits per heavy atom. The van der Waals surface area contributed by atoms with E-state index < -0.39 is 5.60 Å². The van der Waals surface area contributed by atoms with Crippen molar-refractivity contribution in [3.63, 3.8) is 0 Å². The molecule has 1 aliphatic heterocycles. The number of aliphatic hydroxyl groups is 1. The van der Waals surface area contributed by atoms with Crippen molar-refractivity contribution in [1.29, 1.82) is 0 Å². The summed E-state index contributed by atoms with van der Waals surface area (Å²) in [5.41, 5.74) is -0.875. The van der Waals surface area contributed by atoms with E-state index in [-0.39, 0.29) is 17.9 Å². The van der Waals surface area contributed by atoms with Crippen molar-refractivity contribution < 1.29 is 14.6 Å². The summed E-state index contributed by atoms with van der Waals surface area (Å²) in [6.45, 7) is 6.15. The van der Waals surface area contributed by atoms with Crippen molar-refractivity contribution in [3.8, 4) is 0 Å². The average molecular weight is 187 g/mol. The van der Waals surface area contributed by atoms with Gasteiger partial charge in [-0.1, -0.05) is 0 Å². The minimum Gasteiger partial charge on any atom is -0.388 e. The van der Waals surface area contributed by atoms with E-state index in [2.05, 4.69) is 5.32 Å². The fourth-order valence-corrected chi connectivity index (χ4v) is 0.895. The zero-order valence-corrected chi connectivity index (χ0v) is 8.33. The first-order chi connectivity index (χ1) is 5.91. The van der Waals surface area contributed by atoms with Crippen LogP contribution >= 0.6 is 0 Å². The van der Waals surface area contributed by atoms with Gasteiger partial charge in [-0.15, -0.1) is 0 Å². The highest BCUT2D eigenvalue weighted by molar-refractivity contribution is 5.79. The van der Waals surface area contributed by atoms with Crippen molar-refractivity contribution >= 4 is 5.91 Å². The van der Waals surface area contributed by atoms with E-state index in [0.29, 0.717) is 13.2 Å². The summed E-state index contributed by atoms with van der Waals surface area (Å²) in [5, 5.41) is 12.3. The van der Waals surface area contributed by atoms with Gasteiger partial charge in [0.15, 0.2) is 0 Å². The Balaban J connectivity index is 2.35. The standard InChI is InChI=1S/C9H17NO3/c1-6(9(2,3)12)10-8(11)7-4-13-5-7/h6-7,12H,4-5H2,1-3H3,(H,10,11). The van der Waals surface area contributed by atoms with Crippen molar-refractivity contribution in [2.45, 2.75) is 32.4 Å². The molecule has 1 atom stereocenters. The number of hydrogen-bond donors (Lipinski definition) is 2. The second-order valence-electron chi connectivity index (χ2n) is 4.12. The normalized spacial score (nSPS) is 20.6. The Hall–Kier alpha value is -0.610. The van der Waals surface area contributed by atoms with Crippen LogP contribution in [0.3, 0.4) is 0 Å². The van der Waals surface area contributed by atoms with Crippen molar-refractivity contribution in [2.24, 2.45) is 5.92 Å². The predicted octanol–water partition coefficient (Wildman–Crippen LogP) is -0.0916. The van der Waals surface area contributed by atoms with Crippen LogP contribution in [0.15, 0.2) is 0 Å². The van der Waals surface area contributed by atoms with E-state index in [1.807, 2.05) is 0 Å². The first-order valence-electron chi connectivity index (χ1n) is 4.51. The molecule has 76 valence electrons. The van der Waals surface area contributed by atoms with E-state index in [1.54, 1.807) is 20.8 Å². The molecule has 0 saturated carbocycles. The molecule has 0 aromatic rings. The molecule has 1 rings (SSSR count). The van der Waals surface area contributed by atoms with Gasteiger partial charge >= 0.3 is 0 Å². The highest BCUT2D eigenvalue weighted by Crippen LogP contribution is 2.12. The first-order valence-corrected chi connectivity index (χ1v) is 4.51. The third-order valence-electron chi connectivity index (χ3n) is 2.43. The molecule has 13 heavy (non-hydrogen) atoms. The van der Waals surface area contributed by atoms with Crippen LogP contribution < -0.4 is 5.32 Å². The van der Waals surface area contributed by atoms with Gasteiger partial charge in [0.2, 0.25) is 5.91 Å². The minimum absolute atomic E-state index is 0.0233. The maximum Gasteiger partial charge on any atom is 0.228 e. The number of carbonyl (C=O) groups excluding carboxylic acids is 1. The van der Waals surface area contributed by atoms with Crippen molar-refractivity contribution in [1.82, 2.24) is 5.32 Å². The molecule has 0 aromatic heterocycles. The Morgan fingerprint density at radius 3 is 2.46 bits per heavy atom. The summed E-state index contributed by atoms with van der Waals surface area (Å²) >= 11 is 0. The van der Waals surface area contributed by atoms with E-state index in [0.717, 1.165) is 0 Å². The lowest BCUT2D eigenvalue weighted by Crippen LogP contribution is -2.52. The lowest BCUT2D eigenvalue weighted by molar-refractivity contribution is -0.141. The maximum atomic E-state index is 11.4. The molecule has 0 spiro atoms. The number of hydrogen-bond acceptors (Lipinski definition) is 3. The summed E-state index contributed by atoms with van der Waals surface area (Å²) in [5.74, 6) is -0.0503. The number of amides is 1. The van der Waals surface area contributed by atoms with E-state index in [4.69, 9.17) is 4.74 Å². The largest absolute Gasteiger partial charge is 0.388 e. The van der Waals surface area contributed by atoms with Gasteiger partial charge in [0.25, 0.3) is 0 Å². The number of carbonyl (C=O) groups is 1. The van der Waals surface area contributed by atoms with Gasteiger partial charge < -0.3 is 15.2 Å². The molecule has 1 unspecified atom stereocenters. The fourth-order valence-electron chi connectivity index (χ4n) is 0.895. The van der Waals surface area contributed by atoms with Gasteiger partial charge in [0, 0.05) is 0 Å². The lowest BCUT2D eigenvalue weighted by atomic mass is 9.99. The van der Waals surface area contributed by atoms with Crippen LogP contribution in [0.2, 0.25) is 0 Å². The predicted molar refractivity (Wildman–Crippen MR) is 48.2 cm³/mol. The molecule has 1 amide bonds. The molecule has 0 radical (unpaired) electrons. The summed E-state index contributed by atoms with van der Waals surface area (Å²) in [4.78, 5) is 11.4. The average Bonchev–Trinajstić information content (AvgIpc) is 1.79. The highest BCUT2D eigenvalue weighted by Gasteiger charge is 2.30. The van der Waals surface area contributed by atoms with Gasteiger partial charge in [-0.05, 0) is 20.8 Å². The Morgan fingerprint density at radius 1 is 1.62 bits per heavy atom. The lowest BCUT2D eigenvalue weighted by Gasteiger charge is -2.31. The molecule has 4 nitrogen and oxygen atoms in total. The van der Waals surface area contributed by atoms with E-state index in [9.17, 15) is 9.90 Å². The summed E-state index contributed by atoms with van der Waals surface area (Å²) in [6.07, 6.45) is 0. The van der Waals surface area contributed by atoms with Crippen LogP contribution in [-0.4, -0.2) is 35.9 Å². The fraction of sp³-hybridized carbons (Fsp3) is 0.889. The number of nitrogens with one attached hydrogen (secondary N) is 1. The molecule has 1 saturated heterocycles. The summed E-state index contributed by atoms with van der Waals surface area (Å²) < 4.78 is 4.90. The molecule has 1 heterocycles. The number of rotatable bonds is 3. The molecule has 1 aliphatic rings. The monoisotopic (exact) mass is 187 g/mol. The quantitative estimate of drug-likeness (QED) is 0.649. The molecule has 2 N–H and O–H groups in total. The van der Waals surface area contributed by atoms with Crippen molar-refractivity contribution in [3.05, 3.63) is 0 Å². The van der Waals surface area contributed by atoms with Crippen LogP contribution in [0.1, 0.15) is 20.8 Å². The highest BCUT2D eigenvalue weighted by atomic mass is 16.5. The molecule has 0 bridgehead atoms. The Kier molecular flexibility index (Phi) is 2.93. The van der Waals surface area contributed by atoms with Crippen LogP contribution in [-0.2, 0) is 9.53 Å². The van der Waals surface area contributed by atoms with Gasteiger partial charge in [-0.2, -0.15) is 0 Å². The molecular weight excluding hydrogens is 170 g/mol. The third kappa shape index (κ3) is 2.67. The van der Waals surface area contributed by atoms with Gasteiger partial charge in [0.05, 0.1) is 30.8 Å². The number of ether oxygens (including phenoxy) is 1. The molecule has 1 fully saturated rings. The van der Waals surface area contributed by atoms with Gasteiger partial charge in [-0.25, -0.2) is 0 Å². The second-order valence-corrected chi connectivity index (χ2v) is 4.12.